The van der Waals surface area contributed by atoms with E-state index in [0.29, 0.717) is 19.3 Å². The topological polar surface area (TPSA) is 69.4 Å². The first-order chi connectivity index (χ1) is 10.1. The van der Waals surface area contributed by atoms with Crippen LogP contribution in [0.25, 0.3) is 0 Å². The first-order valence-electron chi connectivity index (χ1n) is 7.28. The molecule has 0 spiro atoms. The quantitative estimate of drug-likeness (QED) is 0.746. The number of primary amides is 1. The maximum absolute atomic E-state index is 12.0. The Hall–Kier alpha value is -1.36. The molecule has 1 rings (SSSR count). The van der Waals surface area contributed by atoms with Gasteiger partial charge < -0.3 is 10.5 Å². The molecule has 2 N–H and O–H groups in total. The number of esters is 1. The van der Waals surface area contributed by atoms with Crippen LogP contribution in [0, 0.1) is 5.41 Å². The lowest BCUT2D eigenvalue weighted by molar-refractivity contribution is -0.151. The van der Waals surface area contributed by atoms with Crippen molar-refractivity contribution in [2.45, 2.75) is 45.4 Å². The second-order valence-corrected chi connectivity index (χ2v) is 7.35. The molecule has 0 aliphatic heterocycles. The average molecular weight is 370 g/mol. The van der Waals surface area contributed by atoms with Crippen molar-refractivity contribution in [3.05, 3.63) is 34.3 Å². The van der Waals surface area contributed by atoms with Gasteiger partial charge in [0.1, 0.15) is 0 Å². The van der Waals surface area contributed by atoms with Gasteiger partial charge in [-0.2, -0.15) is 0 Å². The molecule has 22 heavy (non-hydrogen) atoms. The Bertz CT molecular complexity index is 557. The third kappa shape index (κ3) is 4.32. The van der Waals surface area contributed by atoms with Gasteiger partial charge in [0.25, 0.3) is 0 Å². The summed E-state index contributed by atoms with van der Waals surface area (Å²) in [4.78, 5) is 23.7. The van der Waals surface area contributed by atoms with E-state index in [4.69, 9.17) is 10.5 Å². The molecule has 0 aromatic heterocycles. The van der Waals surface area contributed by atoms with Crippen LogP contribution >= 0.6 is 15.9 Å². The molecule has 122 valence electrons. The Morgan fingerprint density at radius 2 is 1.86 bits per heavy atom. The summed E-state index contributed by atoms with van der Waals surface area (Å²) in [5.74, 6) is -0.600. The third-order valence-electron chi connectivity index (χ3n) is 4.22. The molecular weight excluding hydrogens is 346 g/mol. The zero-order chi connectivity index (χ0) is 17.0. The van der Waals surface area contributed by atoms with Gasteiger partial charge in [-0.05, 0) is 51.3 Å². The van der Waals surface area contributed by atoms with Crippen LogP contribution in [0.2, 0.25) is 0 Å². The van der Waals surface area contributed by atoms with Gasteiger partial charge in [-0.25, -0.2) is 0 Å². The molecular formula is C17H24BrNO3. The summed E-state index contributed by atoms with van der Waals surface area (Å²) in [5.41, 5.74) is 5.20. The number of carbonyl (C=O) groups is 2. The summed E-state index contributed by atoms with van der Waals surface area (Å²) in [7, 11) is 1.39. The zero-order valence-corrected chi connectivity index (χ0v) is 15.2. The average Bonchev–Trinajstić information content (AvgIpc) is 2.45. The number of amides is 1. The second-order valence-electron chi connectivity index (χ2n) is 6.44. The Morgan fingerprint density at radius 1 is 1.23 bits per heavy atom. The maximum atomic E-state index is 12.0. The second kappa shape index (κ2) is 7.27. The van der Waals surface area contributed by atoms with Crippen molar-refractivity contribution >= 4 is 27.8 Å². The standard InChI is InChI=1S/C17H24BrNO3/c1-16(2,15(21)22-4)9-6-10-17(3,14(19)20)12-7-5-8-13(18)11-12/h5,7-8,11H,6,9-10H2,1-4H3,(H2,19,20). The fraction of sp³-hybridized carbons (Fsp3) is 0.529. The molecule has 5 heteroatoms. The molecule has 1 aromatic rings. The van der Waals surface area contributed by atoms with Crippen LogP contribution in [0.1, 0.15) is 45.6 Å². The summed E-state index contributed by atoms with van der Waals surface area (Å²) in [6, 6.07) is 7.61. The van der Waals surface area contributed by atoms with E-state index in [1.54, 1.807) is 0 Å². The number of rotatable bonds is 7. The minimum atomic E-state index is -0.754. The predicted molar refractivity (Wildman–Crippen MR) is 90.3 cm³/mol. The van der Waals surface area contributed by atoms with Crippen molar-refractivity contribution in [2.75, 3.05) is 7.11 Å². The summed E-state index contributed by atoms with van der Waals surface area (Å²) in [5, 5.41) is 0. The number of carbonyl (C=O) groups excluding carboxylic acids is 2. The molecule has 0 fully saturated rings. The molecule has 0 bridgehead atoms. The van der Waals surface area contributed by atoms with Gasteiger partial charge in [-0.3, -0.25) is 9.59 Å². The molecule has 0 radical (unpaired) electrons. The lowest BCUT2D eigenvalue weighted by Gasteiger charge is -2.29. The van der Waals surface area contributed by atoms with E-state index in [-0.39, 0.29) is 11.9 Å². The number of halogens is 1. The molecule has 1 atom stereocenters. The highest BCUT2D eigenvalue weighted by Crippen LogP contribution is 2.34. The molecule has 4 nitrogen and oxygen atoms in total. The van der Waals surface area contributed by atoms with Gasteiger partial charge in [-0.1, -0.05) is 34.5 Å². The molecule has 0 heterocycles. The van der Waals surface area contributed by atoms with Crippen LogP contribution < -0.4 is 5.73 Å². The third-order valence-corrected chi connectivity index (χ3v) is 4.72. The van der Waals surface area contributed by atoms with Gasteiger partial charge in [-0.15, -0.1) is 0 Å². The minimum absolute atomic E-state index is 0.240. The molecule has 0 saturated heterocycles. The highest BCUT2D eigenvalue weighted by Gasteiger charge is 2.35. The molecule has 1 amide bonds. The monoisotopic (exact) mass is 369 g/mol. The molecule has 1 unspecified atom stereocenters. The number of hydrogen-bond acceptors (Lipinski definition) is 3. The van der Waals surface area contributed by atoms with E-state index in [0.717, 1.165) is 10.0 Å². The van der Waals surface area contributed by atoms with Crippen LogP contribution in [0.4, 0.5) is 0 Å². The van der Waals surface area contributed by atoms with E-state index in [9.17, 15) is 9.59 Å². The fourth-order valence-corrected chi connectivity index (χ4v) is 2.90. The van der Waals surface area contributed by atoms with Gasteiger partial charge in [0.15, 0.2) is 0 Å². The lowest BCUT2D eigenvalue weighted by Crippen LogP contribution is -2.39. The normalized spacial score (nSPS) is 14.2. The van der Waals surface area contributed by atoms with Crippen molar-refractivity contribution in [3.63, 3.8) is 0 Å². The highest BCUT2D eigenvalue weighted by atomic mass is 79.9. The van der Waals surface area contributed by atoms with Gasteiger partial charge in [0.05, 0.1) is 17.9 Å². The lowest BCUT2D eigenvalue weighted by atomic mass is 9.75. The maximum Gasteiger partial charge on any atom is 0.311 e. The van der Waals surface area contributed by atoms with E-state index in [1.807, 2.05) is 45.0 Å². The summed E-state index contributed by atoms with van der Waals surface area (Å²) >= 11 is 3.42. The largest absolute Gasteiger partial charge is 0.469 e. The van der Waals surface area contributed by atoms with Gasteiger partial charge in [0, 0.05) is 4.47 Å². The van der Waals surface area contributed by atoms with Crippen LogP contribution in [0.15, 0.2) is 28.7 Å². The molecule has 0 aliphatic carbocycles. The summed E-state index contributed by atoms with van der Waals surface area (Å²) in [6.45, 7) is 5.54. The Labute approximate surface area is 140 Å². The van der Waals surface area contributed by atoms with Crippen LogP contribution in [-0.4, -0.2) is 19.0 Å². The Kier molecular flexibility index (Phi) is 6.17. The first-order valence-corrected chi connectivity index (χ1v) is 8.07. The van der Waals surface area contributed by atoms with E-state index in [1.165, 1.54) is 7.11 Å². The number of methoxy groups -OCH3 is 1. The van der Waals surface area contributed by atoms with Gasteiger partial charge in [0.2, 0.25) is 5.91 Å². The minimum Gasteiger partial charge on any atom is -0.469 e. The van der Waals surface area contributed by atoms with Crippen molar-refractivity contribution in [2.24, 2.45) is 11.1 Å². The van der Waals surface area contributed by atoms with Crippen molar-refractivity contribution < 1.29 is 14.3 Å². The number of ether oxygens (including phenoxy) is 1. The van der Waals surface area contributed by atoms with Crippen LogP contribution in [0.5, 0.6) is 0 Å². The van der Waals surface area contributed by atoms with E-state index >= 15 is 0 Å². The molecule has 0 aliphatic rings. The van der Waals surface area contributed by atoms with Crippen LogP contribution in [-0.2, 0) is 19.7 Å². The highest BCUT2D eigenvalue weighted by molar-refractivity contribution is 9.10. The van der Waals surface area contributed by atoms with Gasteiger partial charge >= 0.3 is 5.97 Å². The van der Waals surface area contributed by atoms with E-state index < -0.39 is 10.8 Å². The Morgan fingerprint density at radius 3 is 2.36 bits per heavy atom. The zero-order valence-electron chi connectivity index (χ0n) is 13.6. The number of hydrogen-bond donors (Lipinski definition) is 1. The number of benzene rings is 1. The fourth-order valence-electron chi connectivity index (χ4n) is 2.50. The summed E-state index contributed by atoms with van der Waals surface area (Å²) < 4.78 is 5.72. The summed E-state index contributed by atoms with van der Waals surface area (Å²) in [6.07, 6.45) is 1.92. The van der Waals surface area contributed by atoms with Crippen molar-refractivity contribution in [1.29, 1.82) is 0 Å². The van der Waals surface area contributed by atoms with Crippen molar-refractivity contribution in [3.8, 4) is 0 Å². The Balaban J connectivity index is 2.86. The predicted octanol–water partition coefficient (Wildman–Crippen LogP) is 3.56. The van der Waals surface area contributed by atoms with E-state index in [2.05, 4.69) is 15.9 Å². The first kappa shape index (κ1) is 18.7. The SMILES string of the molecule is COC(=O)C(C)(C)CCCC(C)(C(N)=O)c1cccc(Br)c1. The van der Waals surface area contributed by atoms with Crippen LogP contribution in [0.3, 0.4) is 0 Å². The molecule has 0 saturated carbocycles. The molecule has 1 aromatic carbocycles. The van der Waals surface area contributed by atoms with Crippen molar-refractivity contribution in [1.82, 2.24) is 0 Å². The number of nitrogens with two attached hydrogens (primary N) is 1. The smallest absolute Gasteiger partial charge is 0.311 e.